The van der Waals surface area contributed by atoms with Crippen LogP contribution >= 0.6 is 0 Å². The normalized spacial score (nSPS) is 21.4. The number of ether oxygens (including phenoxy) is 1. The van der Waals surface area contributed by atoms with Crippen molar-refractivity contribution in [2.45, 2.75) is 53.9 Å². The van der Waals surface area contributed by atoms with Crippen molar-refractivity contribution in [1.82, 2.24) is 0 Å². The molecule has 0 saturated heterocycles. The summed E-state index contributed by atoms with van der Waals surface area (Å²) >= 11 is 0. The van der Waals surface area contributed by atoms with Gasteiger partial charge in [-0.15, -0.1) is 0 Å². The smallest absolute Gasteiger partial charge is 0.176 e. The number of hydrogen-bond donors (Lipinski definition) is 2. The molecule has 2 atom stereocenters. The first-order valence-electron chi connectivity index (χ1n) is 11.6. The third kappa shape index (κ3) is 3.19. The Labute approximate surface area is 199 Å². The maximum Gasteiger partial charge on any atom is 0.176 e. The Balaban J connectivity index is 2.09. The van der Waals surface area contributed by atoms with Crippen LogP contribution in [-0.2, 0) is 9.59 Å². The summed E-state index contributed by atoms with van der Waals surface area (Å²) in [7, 11) is 0. The van der Waals surface area contributed by atoms with Gasteiger partial charge in [0.2, 0.25) is 0 Å². The summed E-state index contributed by atoms with van der Waals surface area (Å²) < 4.78 is 6.13. The zero-order valence-corrected chi connectivity index (χ0v) is 20.4. The Hall–Kier alpha value is -3.41. The molecule has 6 nitrogen and oxygen atoms in total. The number of carbonyl (C=O) groups is 3. The van der Waals surface area contributed by atoms with E-state index in [2.05, 4.69) is 0 Å². The van der Waals surface area contributed by atoms with Crippen LogP contribution in [0.15, 0.2) is 47.7 Å². The van der Waals surface area contributed by atoms with Gasteiger partial charge in [-0.2, -0.15) is 0 Å². The molecule has 0 fully saturated rings. The molecular weight excluding hydrogens is 432 g/mol. The molecule has 2 aromatic rings. The topological polar surface area (TPSA) is 101 Å². The van der Waals surface area contributed by atoms with E-state index in [4.69, 9.17) is 4.74 Å². The maximum absolute atomic E-state index is 13.8. The second-order valence-corrected chi connectivity index (χ2v) is 10.3. The minimum Gasteiger partial charge on any atom is -0.507 e. The van der Waals surface area contributed by atoms with E-state index in [0.717, 1.165) is 0 Å². The lowest BCUT2D eigenvalue weighted by Crippen LogP contribution is -2.51. The second kappa shape index (κ2) is 7.83. The van der Waals surface area contributed by atoms with Crippen molar-refractivity contribution in [3.05, 3.63) is 64.4 Å². The number of rotatable bonds is 4. The molecule has 34 heavy (non-hydrogen) atoms. The second-order valence-electron chi connectivity index (χ2n) is 10.3. The zero-order valence-electron chi connectivity index (χ0n) is 20.4. The summed E-state index contributed by atoms with van der Waals surface area (Å²) in [5.74, 6) is -2.70. The minimum absolute atomic E-state index is 0.122. The van der Waals surface area contributed by atoms with E-state index < -0.39 is 39.9 Å². The van der Waals surface area contributed by atoms with E-state index in [9.17, 15) is 24.6 Å². The molecule has 1 aliphatic heterocycles. The van der Waals surface area contributed by atoms with Crippen LogP contribution in [0.3, 0.4) is 0 Å². The number of phenols is 2. The van der Waals surface area contributed by atoms with Crippen LogP contribution in [0.5, 0.6) is 17.2 Å². The van der Waals surface area contributed by atoms with Crippen LogP contribution in [0.25, 0.3) is 0 Å². The van der Waals surface area contributed by atoms with Gasteiger partial charge in [0.05, 0.1) is 10.8 Å². The molecule has 0 radical (unpaired) electrons. The number of carbonyl (C=O) groups excluding carboxylic acids is 3. The standard InChI is InChI=1S/C28H30O6/c1-7-14(2)22(30)19-16(29)13-17-20(23(19)31)18(15-11-9-8-10-12-15)21-24(32)27(3,4)26(33)28(5,6)25(21)34-17/h8-14,18,29,31H,7H2,1-6H3. The summed E-state index contributed by atoms with van der Waals surface area (Å²) in [5, 5.41) is 22.1. The van der Waals surface area contributed by atoms with Crippen molar-refractivity contribution in [3.8, 4) is 17.2 Å². The monoisotopic (exact) mass is 462 g/mol. The van der Waals surface area contributed by atoms with Crippen LogP contribution in [-0.4, -0.2) is 27.6 Å². The predicted molar refractivity (Wildman–Crippen MR) is 127 cm³/mol. The minimum atomic E-state index is -1.29. The Bertz CT molecular complexity index is 1250. The van der Waals surface area contributed by atoms with Crippen molar-refractivity contribution < 1.29 is 29.3 Å². The summed E-state index contributed by atoms with van der Waals surface area (Å²) in [4.78, 5) is 40.1. The number of benzene rings is 2. The number of phenolic OH excluding ortho intramolecular Hbond substituents is 2. The fourth-order valence-corrected chi connectivity index (χ4v) is 5.13. The average Bonchev–Trinajstić information content (AvgIpc) is 2.80. The van der Waals surface area contributed by atoms with Gasteiger partial charge in [-0.25, -0.2) is 0 Å². The van der Waals surface area contributed by atoms with Crippen molar-refractivity contribution in [2.75, 3.05) is 0 Å². The van der Waals surface area contributed by atoms with Crippen molar-refractivity contribution in [1.29, 1.82) is 0 Å². The zero-order chi connectivity index (χ0) is 25.2. The largest absolute Gasteiger partial charge is 0.507 e. The van der Waals surface area contributed by atoms with E-state index in [1.165, 1.54) is 6.07 Å². The lowest BCUT2D eigenvalue weighted by Gasteiger charge is -2.44. The molecule has 0 amide bonds. The van der Waals surface area contributed by atoms with Gasteiger partial charge in [-0.3, -0.25) is 14.4 Å². The molecule has 2 aromatic carbocycles. The summed E-state index contributed by atoms with van der Waals surface area (Å²) in [6.45, 7) is 10.2. The summed E-state index contributed by atoms with van der Waals surface area (Å²) in [6, 6.07) is 10.4. The van der Waals surface area contributed by atoms with Crippen molar-refractivity contribution in [3.63, 3.8) is 0 Å². The first-order chi connectivity index (χ1) is 15.9. The molecule has 178 valence electrons. The molecule has 2 unspecified atom stereocenters. The SMILES string of the molecule is CCC(C)C(=O)c1c(O)cc2c(c1O)C(c1ccccc1)C1=C(O2)C(C)(C)C(=O)C(C)(C)C1=O. The van der Waals surface area contributed by atoms with Crippen LogP contribution in [0.1, 0.15) is 75.4 Å². The number of ketones is 3. The van der Waals surface area contributed by atoms with Gasteiger partial charge >= 0.3 is 0 Å². The number of hydrogen-bond acceptors (Lipinski definition) is 6. The number of aromatic hydroxyl groups is 2. The Morgan fingerprint density at radius 3 is 2.26 bits per heavy atom. The Kier molecular flexibility index (Phi) is 5.46. The van der Waals surface area contributed by atoms with Gasteiger partial charge in [0.1, 0.15) is 28.6 Å². The fraction of sp³-hybridized carbons (Fsp3) is 0.393. The van der Waals surface area contributed by atoms with E-state index in [1.807, 2.05) is 37.3 Å². The molecule has 0 spiro atoms. The highest BCUT2D eigenvalue weighted by atomic mass is 16.5. The number of allylic oxidation sites excluding steroid dienone is 2. The molecule has 0 aromatic heterocycles. The molecule has 0 bridgehead atoms. The van der Waals surface area contributed by atoms with Crippen LogP contribution < -0.4 is 4.74 Å². The molecule has 6 heteroatoms. The maximum atomic E-state index is 13.8. The molecule has 1 aliphatic carbocycles. The van der Waals surface area contributed by atoms with Crippen molar-refractivity contribution >= 4 is 17.3 Å². The average molecular weight is 463 g/mol. The first-order valence-corrected chi connectivity index (χ1v) is 11.6. The quantitative estimate of drug-likeness (QED) is 0.472. The Morgan fingerprint density at radius 2 is 1.68 bits per heavy atom. The van der Waals surface area contributed by atoms with Gasteiger partial charge < -0.3 is 14.9 Å². The van der Waals surface area contributed by atoms with Gasteiger partial charge in [0, 0.05) is 29.0 Å². The molecule has 0 saturated carbocycles. The highest BCUT2D eigenvalue weighted by molar-refractivity contribution is 6.20. The molecule has 2 N–H and O–H groups in total. The lowest BCUT2D eigenvalue weighted by molar-refractivity contribution is -0.144. The van der Waals surface area contributed by atoms with Gasteiger partial charge in [-0.05, 0) is 39.7 Å². The van der Waals surface area contributed by atoms with E-state index >= 15 is 0 Å². The van der Waals surface area contributed by atoms with Crippen LogP contribution in [0.2, 0.25) is 0 Å². The van der Waals surface area contributed by atoms with Crippen LogP contribution in [0.4, 0.5) is 0 Å². The first kappa shape index (κ1) is 23.7. The summed E-state index contributed by atoms with van der Waals surface area (Å²) in [6.07, 6.45) is 0.533. The highest BCUT2D eigenvalue weighted by Gasteiger charge is 2.57. The fourth-order valence-electron chi connectivity index (χ4n) is 5.13. The predicted octanol–water partition coefficient (Wildman–Crippen LogP) is 5.31. The lowest BCUT2D eigenvalue weighted by atomic mass is 9.59. The highest BCUT2D eigenvalue weighted by Crippen LogP contribution is 2.57. The Morgan fingerprint density at radius 1 is 1.06 bits per heavy atom. The van der Waals surface area contributed by atoms with Gasteiger partial charge in [0.15, 0.2) is 17.3 Å². The molecule has 2 aliphatic rings. The van der Waals surface area contributed by atoms with Gasteiger partial charge in [-0.1, -0.05) is 44.2 Å². The third-order valence-corrected chi connectivity index (χ3v) is 7.27. The summed E-state index contributed by atoms with van der Waals surface area (Å²) in [5.41, 5.74) is -1.36. The van der Waals surface area contributed by atoms with E-state index in [-0.39, 0.29) is 39.8 Å². The number of Topliss-reactive ketones (excluding diaryl/α,β-unsaturated/α-hetero) is 3. The van der Waals surface area contributed by atoms with Crippen molar-refractivity contribution in [2.24, 2.45) is 16.7 Å². The van der Waals surface area contributed by atoms with E-state index in [0.29, 0.717) is 12.0 Å². The van der Waals surface area contributed by atoms with E-state index in [1.54, 1.807) is 34.6 Å². The molecular formula is C28H30O6. The number of fused-ring (bicyclic) bond motifs is 1. The molecule has 4 rings (SSSR count). The third-order valence-electron chi connectivity index (χ3n) is 7.27. The van der Waals surface area contributed by atoms with Gasteiger partial charge in [0.25, 0.3) is 0 Å². The van der Waals surface area contributed by atoms with Crippen LogP contribution in [0, 0.1) is 16.7 Å². The molecule has 1 heterocycles.